The highest BCUT2D eigenvalue weighted by Crippen LogP contribution is 2.24. The Morgan fingerprint density at radius 3 is 2.94 bits per heavy atom. The highest BCUT2D eigenvalue weighted by Gasteiger charge is 2.09. The summed E-state index contributed by atoms with van der Waals surface area (Å²) in [6, 6.07) is 5.84. The number of hydrogen-bond acceptors (Lipinski definition) is 4. The molecule has 0 amide bonds. The molecule has 1 aromatic carbocycles. The first-order valence-electron chi connectivity index (χ1n) is 4.83. The zero-order valence-electron chi connectivity index (χ0n) is 8.74. The van der Waals surface area contributed by atoms with Gasteiger partial charge in [-0.05, 0) is 47.7 Å². The van der Waals surface area contributed by atoms with Gasteiger partial charge in [0.15, 0.2) is 0 Å². The number of rotatable bonds is 3. The second-order valence-electron chi connectivity index (χ2n) is 3.48. The molecule has 0 aliphatic heterocycles. The number of benzene rings is 1. The topological polar surface area (TPSA) is 79.6 Å². The molecule has 4 N–H and O–H groups in total. The van der Waals surface area contributed by atoms with Crippen molar-refractivity contribution in [3.63, 3.8) is 0 Å². The Kier molecular flexibility index (Phi) is 3.28. The Morgan fingerprint density at radius 1 is 1.50 bits per heavy atom. The zero-order valence-corrected chi connectivity index (χ0v) is 10.9. The lowest BCUT2D eigenvalue weighted by molar-refractivity contribution is 0.795. The molecule has 0 aliphatic carbocycles. The Labute approximate surface area is 107 Å². The molecule has 0 bridgehead atoms. The van der Waals surface area contributed by atoms with E-state index in [9.17, 15) is 0 Å². The van der Waals surface area contributed by atoms with Crippen LogP contribution in [0.15, 0.2) is 24.5 Å². The summed E-state index contributed by atoms with van der Waals surface area (Å²) < 4.78 is 1.09. The molecule has 1 heterocycles. The monoisotopic (exact) mass is 329 g/mol. The van der Waals surface area contributed by atoms with Gasteiger partial charge in [0.05, 0.1) is 6.04 Å². The van der Waals surface area contributed by atoms with Crippen molar-refractivity contribution in [2.45, 2.75) is 13.0 Å². The van der Waals surface area contributed by atoms with Crippen LogP contribution in [0, 0.1) is 3.57 Å². The van der Waals surface area contributed by atoms with Crippen LogP contribution in [0.3, 0.4) is 0 Å². The molecule has 0 fully saturated rings. The van der Waals surface area contributed by atoms with Crippen LogP contribution >= 0.6 is 22.6 Å². The van der Waals surface area contributed by atoms with Crippen LogP contribution in [0.1, 0.15) is 18.8 Å². The van der Waals surface area contributed by atoms with Crippen molar-refractivity contribution >= 4 is 34.0 Å². The number of nitrogens with two attached hydrogens (primary N) is 1. The van der Waals surface area contributed by atoms with Crippen LogP contribution in [0.2, 0.25) is 0 Å². The molecule has 5 nitrogen and oxygen atoms in total. The SMILES string of the molecule is CC(Nc1ccc(N)cc1I)c1ncn[nH]1. The van der Waals surface area contributed by atoms with E-state index in [4.69, 9.17) is 5.73 Å². The van der Waals surface area contributed by atoms with E-state index in [2.05, 4.69) is 43.1 Å². The molecule has 2 aromatic rings. The van der Waals surface area contributed by atoms with Crippen molar-refractivity contribution in [3.8, 4) is 0 Å². The van der Waals surface area contributed by atoms with E-state index in [-0.39, 0.29) is 6.04 Å². The van der Waals surface area contributed by atoms with Crippen LogP contribution in [0.5, 0.6) is 0 Å². The minimum absolute atomic E-state index is 0.0830. The van der Waals surface area contributed by atoms with E-state index in [1.54, 1.807) is 0 Å². The first kappa shape index (κ1) is 11.2. The molecule has 0 aliphatic rings. The van der Waals surface area contributed by atoms with Gasteiger partial charge >= 0.3 is 0 Å². The van der Waals surface area contributed by atoms with Crippen molar-refractivity contribution in [2.24, 2.45) is 0 Å². The summed E-state index contributed by atoms with van der Waals surface area (Å²) in [6.45, 7) is 2.02. The Morgan fingerprint density at radius 2 is 2.31 bits per heavy atom. The molecule has 6 heteroatoms. The van der Waals surface area contributed by atoms with Crippen LogP contribution < -0.4 is 11.1 Å². The Balaban J connectivity index is 2.15. The zero-order chi connectivity index (χ0) is 11.5. The molecule has 2 rings (SSSR count). The number of halogens is 1. The molecule has 84 valence electrons. The average Bonchev–Trinajstić information content (AvgIpc) is 2.75. The Hall–Kier alpha value is -1.31. The second-order valence-corrected chi connectivity index (χ2v) is 4.64. The van der Waals surface area contributed by atoms with Gasteiger partial charge in [-0.1, -0.05) is 0 Å². The van der Waals surface area contributed by atoms with Crippen molar-refractivity contribution in [2.75, 3.05) is 11.1 Å². The first-order chi connectivity index (χ1) is 7.66. The maximum Gasteiger partial charge on any atom is 0.146 e. The number of H-pyrrole nitrogens is 1. The highest BCUT2D eigenvalue weighted by molar-refractivity contribution is 14.1. The predicted molar refractivity (Wildman–Crippen MR) is 72.0 cm³/mol. The first-order valence-corrected chi connectivity index (χ1v) is 5.91. The lowest BCUT2D eigenvalue weighted by atomic mass is 10.2. The lowest BCUT2D eigenvalue weighted by Crippen LogP contribution is -2.09. The number of nitrogen functional groups attached to an aromatic ring is 1. The standard InChI is InChI=1S/C10H12IN5/c1-6(10-13-5-14-16-10)15-9-3-2-7(12)4-8(9)11/h2-6,15H,12H2,1H3,(H,13,14,16). The quantitative estimate of drug-likeness (QED) is 0.596. The molecule has 1 atom stereocenters. The molecular formula is C10H12IN5. The molecule has 16 heavy (non-hydrogen) atoms. The second kappa shape index (κ2) is 4.69. The van der Waals surface area contributed by atoms with Gasteiger partial charge in [-0.25, -0.2) is 4.98 Å². The minimum Gasteiger partial charge on any atom is -0.399 e. The molecular weight excluding hydrogens is 317 g/mol. The number of anilines is 2. The van der Waals surface area contributed by atoms with Gasteiger partial charge in [-0.3, -0.25) is 5.10 Å². The predicted octanol–water partition coefficient (Wildman–Crippen LogP) is 2.16. The normalized spacial score (nSPS) is 12.4. The summed E-state index contributed by atoms with van der Waals surface area (Å²) in [7, 11) is 0. The summed E-state index contributed by atoms with van der Waals surface area (Å²) in [5.41, 5.74) is 7.50. The number of hydrogen-bond donors (Lipinski definition) is 3. The van der Waals surface area contributed by atoms with Crippen molar-refractivity contribution in [1.29, 1.82) is 0 Å². The van der Waals surface area contributed by atoms with Crippen LogP contribution in [-0.2, 0) is 0 Å². The number of nitrogens with one attached hydrogen (secondary N) is 2. The van der Waals surface area contributed by atoms with Crippen molar-refractivity contribution in [3.05, 3.63) is 33.9 Å². The lowest BCUT2D eigenvalue weighted by Gasteiger charge is -2.14. The maximum absolute atomic E-state index is 5.69. The number of nitrogens with zero attached hydrogens (tertiary/aromatic N) is 2. The summed E-state index contributed by atoms with van der Waals surface area (Å²) in [6.07, 6.45) is 1.50. The van der Waals surface area contributed by atoms with Crippen LogP contribution in [0.4, 0.5) is 11.4 Å². The van der Waals surface area contributed by atoms with Crippen LogP contribution in [-0.4, -0.2) is 15.2 Å². The third-order valence-corrected chi connectivity index (χ3v) is 3.10. The average molecular weight is 329 g/mol. The minimum atomic E-state index is 0.0830. The third-order valence-electron chi connectivity index (χ3n) is 2.21. The summed E-state index contributed by atoms with van der Waals surface area (Å²) in [4.78, 5) is 4.10. The van der Waals surface area contributed by atoms with E-state index in [0.29, 0.717) is 0 Å². The third kappa shape index (κ3) is 2.43. The molecule has 1 unspecified atom stereocenters. The highest BCUT2D eigenvalue weighted by atomic mass is 127. The maximum atomic E-state index is 5.69. The molecule has 0 spiro atoms. The van der Waals surface area contributed by atoms with E-state index >= 15 is 0 Å². The van der Waals surface area contributed by atoms with Gasteiger partial charge in [-0.2, -0.15) is 5.10 Å². The smallest absolute Gasteiger partial charge is 0.146 e. The van der Waals surface area contributed by atoms with E-state index < -0.39 is 0 Å². The number of aromatic amines is 1. The largest absolute Gasteiger partial charge is 0.399 e. The molecule has 0 saturated carbocycles. The van der Waals surface area contributed by atoms with Crippen molar-refractivity contribution in [1.82, 2.24) is 15.2 Å². The van der Waals surface area contributed by atoms with Gasteiger partial charge in [0.2, 0.25) is 0 Å². The fourth-order valence-corrected chi connectivity index (χ4v) is 2.07. The van der Waals surface area contributed by atoms with E-state index in [1.807, 2.05) is 25.1 Å². The molecule has 0 saturated heterocycles. The summed E-state index contributed by atoms with van der Waals surface area (Å²) >= 11 is 2.25. The fourth-order valence-electron chi connectivity index (χ4n) is 1.37. The van der Waals surface area contributed by atoms with Crippen molar-refractivity contribution < 1.29 is 0 Å². The molecule has 0 radical (unpaired) electrons. The van der Waals surface area contributed by atoms with E-state index in [1.165, 1.54) is 6.33 Å². The Bertz CT molecular complexity index is 468. The summed E-state index contributed by atoms with van der Waals surface area (Å²) in [5, 5.41) is 10.0. The van der Waals surface area contributed by atoms with Gasteiger partial charge < -0.3 is 11.1 Å². The van der Waals surface area contributed by atoms with E-state index in [0.717, 1.165) is 20.8 Å². The summed E-state index contributed by atoms with van der Waals surface area (Å²) in [5.74, 6) is 0.813. The van der Waals surface area contributed by atoms with Gasteiger partial charge in [-0.15, -0.1) is 0 Å². The van der Waals surface area contributed by atoms with Gasteiger partial charge in [0, 0.05) is 14.9 Å². The molecule has 1 aromatic heterocycles. The number of aromatic nitrogens is 3. The van der Waals surface area contributed by atoms with Crippen LogP contribution in [0.25, 0.3) is 0 Å². The van der Waals surface area contributed by atoms with Gasteiger partial charge in [0.1, 0.15) is 12.2 Å². The fraction of sp³-hybridized carbons (Fsp3) is 0.200. The van der Waals surface area contributed by atoms with Gasteiger partial charge in [0.25, 0.3) is 0 Å².